The number of carbonyl (C=O) groups excluding carboxylic acids is 1. The van der Waals surface area contributed by atoms with Crippen LogP contribution in [0.5, 0.6) is 0 Å². The highest BCUT2D eigenvalue weighted by Crippen LogP contribution is 2.52. The second-order valence-corrected chi connectivity index (χ2v) is 5.15. The van der Waals surface area contributed by atoms with E-state index in [9.17, 15) is 4.79 Å². The predicted octanol–water partition coefficient (Wildman–Crippen LogP) is 1.65. The molecule has 0 aliphatic heterocycles. The molecule has 0 bridgehead atoms. The van der Waals surface area contributed by atoms with Crippen molar-refractivity contribution in [2.45, 2.75) is 40.0 Å². The van der Waals surface area contributed by atoms with Gasteiger partial charge in [-0.25, -0.2) is 0 Å². The summed E-state index contributed by atoms with van der Waals surface area (Å²) in [4.78, 5) is 13.9. The Labute approximate surface area is 92.5 Å². The van der Waals surface area contributed by atoms with Crippen LogP contribution in [0.4, 0.5) is 0 Å². The number of rotatable bonds is 6. The molecule has 0 aromatic heterocycles. The fourth-order valence-electron chi connectivity index (χ4n) is 1.91. The molecule has 0 aromatic carbocycles. The molecule has 1 aliphatic rings. The minimum atomic E-state index is 0.0720. The molecule has 0 heterocycles. The molecule has 0 aromatic rings. The Morgan fingerprint density at radius 3 is 2.47 bits per heavy atom. The summed E-state index contributed by atoms with van der Waals surface area (Å²) in [6.07, 6.45) is 3.11. The Morgan fingerprint density at radius 1 is 1.47 bits per heavy atom. The van der Waals surface area contributed by atoms with Crippen LogP contribution in [0.15, 0.2) is 0 Å². The quantitative estimate of drug-likeness (QED) is 0.729. The SMILES string of the molecule is CCCCN(CCO)C(=O)C1CC1(C)C. The lowest BCUT2D eigenvalue weighted by molar-refractivity contribution is -0.133. The van der Waals surface area contributed by atoms with Gasteiger partial charge in [0, 0.05) is 19.0 Å². The maximum absolute atomic E-state index is 12.0. The summed E-state index contributed by atoms with van der Waals surface area (Å²) in [6.45, 7) is 7.73. The topological polar surface area (TPSA) is 40.5 Å². The van der Waals surface area contributed by atoms with Crippen LogP contribution in [0.3, 0.4) is 0 Å². The van der Waals surface area contributed by atoms with Crippen LogP contribution < -0.4 is 0 Å². The van der Waals surface area contributed by atoms with Gasteiger partial charge in [-0.15, -0.1) is 0 Å². The summed E-state index contributed by atoms with van der Waals surface area (Å²) < 4.78 is 0. The van der Waals surface area contributed by atoms with E-state index in [-0.39, 0.29) is 23.8 Å². The number of carbonyl (C=O) groups is 1. The van der Waals surface area contributed by atoms with Gasteiger partial charge in [0.2, 0.25) is 5.91 Å². The maximum Gasteiger partial charge on any atom is 0.226 e. The Hall–Kier alpha value is -0.570. The van der Waals surface area contributed by atoms with Crippen molar-refractivity contribution in [2.75, 3.05) is 19.7 Å². The summed E-state index contributed by atoms with van der Waals surface area (Å²) in [5.41, 5.74) is 0.191. The summed E-state index contributed by atoms with van der Waals surface area (Å²) in [7, 11) is 0. The Bertz CT molecular complexity index is 226. The van der Waals surface area contributed by atoms with Crippen LogP contribution >= 0.6 is 0 Å². The second-order valence-electron chi connectivity index (χ2n) is 5.15. The third-order valence-corrected chi connectivity index (χ3v) is 3.27. The largest absolute Gasteiger partial charge is 0.395 e. The van der Waals surface area contributed by atoms with Crippen LogP contribution in [0.2, 0.25) is 0 Å². The Kier molecular flexibility index (Phi) is 4.14. The molecule has 1 saturated carbocycles. The second kappa shape index (κ2) is 4.97. The summed E-state index contributed by atoms with van der Waals surface area (Å²) in [6, 6.07) is 0. The van der Waals surface area contributed by atoms with E-state index in [1.807, 2.05) is 4.90 Å². The lowest BCUT2D eigenvalue weighted by Crippen LogP contribution is -2.36. The minimum Gasteiger partial charge on any atom is -0.395 e. The molecule has 3 nitrogen and oxygen atoms in total. The van der Waals surface area contributed by atoms with Gasteiger partial charge in [0.25, 0.3) is 0 Å². The molecule has 0 saturated heterocycles. The molecule has 0 radical (unpaired) electrons. The van der Waals surface area contributed by atoms with Crippen molar-refractivity contribution in [3.8, 4) is 0 Å². The van der Waals surface area contributed by atoms with Gasteiger partial charge in [0.15, 0.2) is 0 Å². The fraction of sp³-hybridized carbons (Fsp3) is 0.917. The van der Waals surface area contributed by atoms with Gasteiger partial charge in [0.05, 0.1) is 6.61 Å². The van der Waals surface area contributed by atoms with Crippen LogP contribution in [-0.2, 0) is 4.79 Å². The number of unbranched alkanes of at least 4 members (excludes halogenated alkanes) is 1. The average Bonchev–Trinajstić information content (AvgIpc) is 2.81. The van der Waals surface area contributed by atoms with E-state index < -0.39 is 0 Å². The summed E-state index contributed by atoms with van der Waals surface area (Å²) >= 11 is 0. The number of hydrogen-bond donors (Lipinski definition) is 1. The molecular weight excluding hydrogens is 190 g/mol. The van der Waals surface area contributed by atoms with Gasteiger partial charge < -0.3 is 10.0 Å². The zero-order valence-electron chi connectivity index (χ0n) is 10.1. The fourth-order valence-corrected chi connectivity index (χ4v) is 1.91. The van der Waals surface area contributed by atoms with Gasteiger partial charge in [-0.3, -0.25) is 4.79 Å². The van der Waals surface area contributed by atoms with Crippen molar-refractivity contribution in [1.82, 2.24) is 4.90 Å². The number of aliphatic hydroxyl groups is 1. The first-order valence-corrected chi connectivity index (χ1v) is 5.92. The Balaban J connectivity index is 2.45. The summed E-state index contributed by atoms with van der Waals surface area (Å²) in [5, 5.41) is 8.92. The van der Waals surface area contributed by atoms with Crippen molar-refractivity contribution >= 4 is 5.91 Å². The highest BCUT2D eigenvalue weighted by molar-refractivity contribution is 5.82. The van der Waals surface area contributed by atoms with E-state index in [1.165, 1.54) is 0 Å². The Morgan fingerprint density at radius 2 is 2.07 bits per heavy atom. The summed E-state index contributed by atoms with van der Waals surface area (Å²) in [5.74, 6) is 0.434. The number of hydrogen-bond acceptors (Lipinski definition) is 2. The van der Waals surface area contributed by atoms with Gasteiger partial charge in [-0.1, -0.05) is 27.2 Å². The average molecular weight is 213 g/mol. The molecule has 1 fully saturated rings. The zero-order valence-corrected chi connectivity index (χ0v) is 10.1. The lowest BCUT2D eigenvalue weighted by Gasteiger charge is -2.22. The van der Waals surface area contributed by atoms with Gasteiger partial charge >= 0.3 is 0 Å². The third kappa shape index (κ3) is 3.20. The van der Waals surface area contributed by atoms with Gasteiger partial charge in [0.1, 0.15) is 0 Å². The van der Waals surface area contributed by atoms with E-state index in [4.69, 9.17) is 5.11 Å². The standard InChI is InChI=1S/C12H23NO2/c1-4-5-6-13(7-8-14)11(15)10-9-12(10,2)3/h10,14H,4-9H2,1-3H3. The molecule has 1 amide bonds. The van der Waals surface area contributed by atoms with E-state index in [1.54, 1.807) is 0 Å². The minimum absolute atomic E-state index is 0.0720. The van der Waals surface area contributed by atoms with Crippen LogP contribution in [0.25, 0.3) is 0 Å². The van der Waals surface area contributed by atoms with E-state index in [0.29, 0.717) is 6.54 Å². The van der Waals surface area contributed by atoms with Crippen molar-refractivity contribution in [2.24, 2.45) is 11.3 Å². The van der Waals surface area contributed by atoms with Gasteiger partial charge in [-0.05, 0) is 18.3 Å². The van der Waals surface area contributed by atoms with Crippen molar-refractivity contribution in [3.63, 3.8) is 0 Å². The predicted molar refractivity (Wildman–Crippen MR) is 60.5 cm³/mol. The van der Waals surface area contributed by atoms with Crippen molar-refractivity contribution in [3.05, 3.63) is 0 Å². The monoisotopic (exact) mass is 213 g/mol. The number of amides is 1. The van der Waals surface area contributed by atoms with Gasteiger partial charge in [-0.2, -0.15) is 0 Å². The first-order chi connectivity index (χ1) is 7.03. The zero-order chi connectivity index (χ0) is 11.5. The number of aliphatic hydroxyl groups excluding tert-OH is 1. The van der Waals surface area contributed by atoms with Crippen molar-refractivity contribution in [1.29, 1.82) is 0 Å². The van der Waals surface area contributed by atoms with Crippen LogP contribution in [0.1, 0.15) is 40.0 Å². The molecule has 88 valence electrons. The molecular formula is C12H23NO2. The van der Waals surface area contributed by atoms with Crippen molar-refractivity contribution < 1.29 is 9.90 Å². The lowest BCUT2D eigenvalue weighted by atomic mass is 10.1. The molecule has 15 heavy (non-hydrogen) atoms. The molecule has 1 aliphatic carbocycles. The highest BCUT2D eigenvalue weighted by Gasteiger charge is 2.51. The first kappa shape index (κ1) is 12.5. The number of nitrogens with zero attached hydrogens (tertiary/aromatic N) is 1. The van der Waals surface area contributed by atoms with E-state index in [2.05, 4.69) is 20.8 Å². The molecule has 1 unspecified atom stereocenters. The third-order valence-electron chi connectivity index (χ3n) is 3.27. The molecule has 0 spiro atoms. The molecule has 1 N–H and O–H groups in total. The maximum atomic E-state index is 12.0. The van der Waals surface area contributed by atoms with E-state index in [0.717, 1.165) is 25.8 Å². The molecule has 1 atom stereocenters. The molecule has 1 rings (SSSR count). The molecule has 3 heteroatoms. The van der Waals surface area contributed by atoms with Crippen LogP contribution in [-0.4, -0.2) is 35.6 Å². The normalized spacial score (nSPS) is 22.5. The van der Waals surface area contributed by atoms with Crippen LogP contribution in [0, 0.1) is 11.3 Å². The smallest absolute Gasteiger partial charge is 0.226 e. The highest BCUT2D eigenvalue weighted by atomic mass is 16.3. The van der Waals surface area contributed by atoms with E-state index >= 15 is 0 Å². The first-order valence-electron chi connectivity index (χ1n) is 5.92.